The van der Waals surface area contributed by atoms with Gasteiger partial charge in [0.05, 0.1) is 12.3 Å². The van der Waals surface area contributed by atoms with E-state index >= 15 is 0 Å². The van der Waals surface area contributed by atoms with E-state index < -0.39 is 5.97 Å². The molecule has 0 fully saturated rings. The number of benzene rings is 1. The van der Waals surface area contributed by atoms with Gasteiger partial charge in [0.2, 0.25) is 0 Å². The molecule has 168 valence electrons. The summed E-state index contributed by atoms with van der Waals surface area (Å²) >= 11 is 0. The van der Waals surface area contributed by atoms with Gasteiger partial charge in [0, 0.05) is 25.6 Å². The Balaban J connectivity index is 2.31. The van der Waals surface area contributed by atoms with Gasteiger partial charge in [-0.2, -0.15) is 0 Å². The van der Waals surface area contributed by atoms with Gasteiger partial charge in [0.25, 0.3) is 5.91 Å². The van der Waals surface area contributed by atoms with E-state index in [2.05, 4.69) is 5.16 Å². The van der Waals surface area contributed by atoms with Crippen LogP contribution in [0.2, 0.25) is 0 Å². The van der Waals surface area contributed by atoms with Gasteiger partial charge in [-0.25, -0.2) is 4.79 Å². The lowest BCUT2D eigenvalue weighted by molar-refractivity contribution is -0.135. The van der Waals surface area contributed by atoms with E-state index in [0.717, 1.165) is 18.9 Å². The number of carbonyl (C=O) groups is 2. The number of carbonyl (C=O) groups excluding carboxylic acids is 2. The molecule has 0 bridgehead atoms. The molecule has 0 saturated carbocycles. The maximum Gasteiger partial charge on any atom is 0.342 e. The number of rotatable bonds is 5. The van der Waals surface area contributed by atoms with E-state index in [1.54, 1.807) is 11.0 Å². The van der Waals surface area contributed by atoms with E-state index in [1.165, 1.54) is 6.07 Å². The molecule has 1 aliphatic heterocycles. The predicted molar refractivity (Wildman–Crippen MR) is 117 cm³/mol. The number of hydrogen-bond donors (Lipinski definition) is 2. The molecule has 0 aliphatic carbocycles. The molecule has 1 heterocycles. The normalized spacial score (nSPS) is 18.4. The van der Waals surface area contributed by atoms with Crippen LogP contribution in [0.4, 0.5) is 0 Å². The first-order chi connectivity index (χ1) is 15.0. The number of cyclic esters (lactones) is 1. The standard InChI is InChI=1S/C23H30N2O6/c1-3-25(4-2)21(28)16-31-24-18-11-9-7-5-6-8-10-12-30-23(29)22-17(13-18)14-19(26)15-20(22)27/h6,8-9,11,14-15,26-27H,3-5,7,10,12-13,16H2,1-2H3/b8-6+,11-9+,24-18?. The van der Waals surface area contributed by atoms with E-state index in [-0.39, 0.29) is 42.6 Å². The van der Waals surface area contributed by atoms with Crippen LogP contribution in [0.25, 0.3) is 0 Å². The molecule has 1 aliphatic rings. The predicted octanol–water partition coefficient (Wildman–Crippen LogP) is 3.33. The number of likely N-dealkylation sites (N-methyl/N-ethyl adjacent to an activating group) is 1. The Labute approximate surface area is 182 Å². The van der Waals surface area contributed by atoms with Crippen molar-refractivity contribution in [2.75, 3.05) is 26.3 Å². The molecule has 31 heavy (non-hydrogen) atoms. The smallest absolute Gasteiger partial charge is 0.342 e. The van der Waals surface area contributed by atoms with Crippen molar-refractivity contribution in [1.82, 2.24) is 4.90 Å². The van der Waals surface area contributed by atoms with Crippen molar-refractivity contribution < 1.29 is 29.4 Å². The molecular weight excluding hydrogens is 400 g/mol. The molecule has 1 amide bonds. The Kier molecular flexibility index (Phi) is 9.61. The van der Waals surface area contributed by atoms with E-state index in [9.17, 15) is 19.8 Å². The third-order valence-corrected chi connectivity index (χ3v) is 4.74. The topological polar surface area (TPSA) is 109 Å². The van der Waals surface area contributed by atoms with Crippen molar-refractivity contribution in [3.8, 4) is 11.5 Å². The van der Waals surface area contributed by atoms with Crippen LogP contribution in [-0.4, -0.2) is 59.0 Å². The summed E-state index contributed by atoms with van der Waals surface area (Å²) in [6, 6.07) is 2.47. The molecule has 0 spiro atoms. The SMILES string of the molecule is CCN(CC)C(=O)CON=C1/C=C/CC/C=C/CCOC(=O)c2c(O)cc(O)cc2C1. The number of ether oxygens (including phenoxy) is 1. The van der Waals surface area contributed by atoms with E-state index in [4.69, 9.17) is 9.57 Å². The highest BCUT2D eigenvalue weighted by molar-refractivity contribution is 6.00. The zero-order valence-corrected chi connectivity index (χ0v) is 18.0. The van der Waals surface area contributed by atoms with E-state index in [0.29, 0.717) is 30.8 Å². The minimum absolute atomic E-state index is 0.0286. The van der Waals surface area contributed by atoms with Gasteiger partial charge in [-0.3, -0.25) is 4.79 Å². The first-order valence-electron chi connectivity index (χ1n) is 10.5. The Morgan fingerprint density at radius 1 is 1.13 bits per heavy atom. The van der Waals surface area contributed by atoms with Gasteiger partial charge in [-0.1, -0.05) is 23.4 Å². The van der Waals surface area contributed by atoms with Gasteiger partial charge in [0.15, 0.2) is 6.61 Å². The maximum absolute atomic E-state index is 12.5. The highest BCUT2D eigenvalue weighted by Crippen LogP contribution is 2.29. The largest absolute Gasteiger partial charge is 0.508 e. The van der Waals surface area contributed by atoms with Gasteiger partial charge < -0.3 is 24.7 Å². The number of allylic oxidation sites excluding steroid dienone is 3. The van der Waals surface area contributed by atoms with Crippen LogP contribution in [0.15, 0.2) is 41.6 Å². The number of amides is 1. The van der Waals surface area contributed by atoms with Gasteiger partial charge >= 0.3 is 5.97 Å². The lowest BCUT2D eigenvalue weighted by Gasteiger charge is -2.17. The minimum atomic E-state index is -0.682. The summed E-state index contributed by atoms with van der Waals surface area (Å²) < 4.78 is 5.26. The molecule has 1 aromatic rings. The average molecular weight is 431 g/mol. The fourth-order valence-electron chi connectivity index (χ4n) is 3.14. The summed E-state index contributed by atoms with van der Waals surface area (Å²) in [6.45, 7) is 4.91. The number of esters is 1. The van der Waals surface area contributed by atoms with Crippen LogP contribution in [0.1, 0.15) is 49.0 Å². The van der Waals surface area contributed by atoms with E-state index in [1.807, 2.05) is 32.1 Å². The molecule has 0 atom stereocenters. The fraction of sp³-hybridized carbons (Fsp3) is 0.435. The lowest BCUT2D eigenvalue weighted by atomic mass is 10.00. The number of phenols is 2. The highest BCUT2D eigenvalue weighted by Gasteiger charge is 2.20. The fourth-order valence-corrected chi connectivity index (χ4v) is 3.14. The summed E-state index contributed by atoms with van der Waals surface area (Å²) in [5, 5.41) is 24.2. The number of aromatic hydroxyl groups is 2. The Hall–Kier alpha value is -3.29. The molecule has 2 N–H and O–H groups in total. The third kappa shape index (κ3) is 7.47. The summed E-state index contributed by atoms with van der Waals surface area (Å²) in [6.07, 6.45) is 9.86. The van der Waals surface area contributed by atoms with Gasteiger partial charge in [-0.05, 0) is 50.8 Å². The molecule has 8 heteroatoms. The molecule has 0 radical (unpaired) electrons. The molecule has 0 aromatic heterocycles. The van der Waals surface area contributed by atoms with Gasteiger partial charge in [0.1, 0.15) is 17.1 Å². The van der Waals surface area contributed by atoms with Crippen LogP contribution in [0.5, 0.6) is 11.5 Å². The molecule has 1 aromatic carbocycles. The summed E-state index contributed by atoms with van der Waals surface area (Å²) in [4.78, 5) is 31.6. The zero-order valence-electron chi connectivity index (χ0n) is 18.0. The molecule has 8 nitrogen and oxygen atoms in total. The second-order valence-electron chi connectivity index (χ2n) is 6.97. The van der Waals surface area contributed by atoms with Crippen molar-refractivity contribution in [2.24, 2.45) is 5.16 Å². The molecule has 0 saturated heterocycles. The monoisotopic (exact) mass is 430 g/mol. The number of fused-ring (bicyclic) bond motifs is 1. The van der Waals surface area contributed by atoms with Crippen LogP contribution in [0.3, 0.4) is 0 Å². The van der Waals surface area contributed by atoms with Crippen LogP contribution < -0.4 is 0 Å². The highest BCUT2D eigenvalue weighted by atomic mass is 16.6. The van der Waals surface area contributed by atoms with Crippen molar-refractivity contribution in [2.45, 2.75) is 39.5 Å². The maximum atomic E-state index is 12.5. The van der Waals surface area contributed by atoms with Crippen molar-refractivity contribution in [1.29, 1.82) is 0 Å². The first-order valence-corrected chi connectivity index (χ1v) is 10.5. The second kappa shape index (κ2) is 12.4. The second-order valence-corrected chi connectivity index (χ2v) is 6.97. The van der Waals surface area contributed by atoms with Crippen LogP contribution in [0, 0.1) is 0 Å². The average Bonchev–Trinajstić information content (AvgIpc) is 2.72. The Morgan fingerprint density at radius 3 is 2.58 bits per heavy atom. The quantitative estimate of drug-likeness (QED) is 0.421. The number of nitrogens with zero attached hydrogens (tertiary/aromatic N) is 2. The lowest BCUT2D eigenvalue weighted by Crippen LogP contribution is -2.33. The van der Waals surface area contributed by atoms with Crippen molar-refractivity contribution >= 4 is 17.6 Å². The van der Waals surface area contributed by atoms with Crippen LogP contribution in [-0.2, 0) is 20.8 Å². The number of oxime groups is 1. The Bertz CT molecular complexity index is 856. The number of hydrogen-bond acceptors (Lipinski definition) is 7. The number of phenolic OH excluding ortho intramolecular Hbond substituents is 2. The van der Waals surface area contributed by atoms with Crippen molar-refractivity contribution in [3.63, 3.8) is 0 Å². The summed E-state index contributed by atoms with van der Waals surface area (Å²) in [5.41, 5.74) is 0.753. The Morgan fingerprint density at radius 2 is 1.84 bits per heavy atom. The third-order valence-electron chi connectivity index (χ3n) is 4.74. The molecule has 0 unspecified atom stereocenters. The summed E-state index contributed by atoms with van der Waals surface area (Å²) in [5.74, 6) is -1.42. The zero-order chi connectivity index (χ0) is 22.6. The summed E-state index contributed by atoms with van der Waals surface area (Å²) in [7, 11) is 0. The van der Waals surface area contributed by atoms with Crippen molar-refractivity contribution in [3.05, 3.63) is 47.6 Å². The molecular formula is C23H30N2O6. The minimum Gasteiger partial charge on any atom is -0.508 e. The van der Waals surface area contributed by atoms with Crippen LogP contribution >= 0.6 is 0 Å². The molecule has 2 rings (SSSR count). The first kappa shape index (κ1) is 24.0. The van der Waals surface area contributed by atoms with Gasteiger partial charge in [-0.15, -0.1) is 0 Å².